The van der Waals surface area contributed by atoms with E-state index < -0.39 is 68.4 Å². The molecule has 1 aromatic heterocycles. The largest absolute Gasteiger partial charge is 0.475 e. The number of benzene rings is 1. The first-order chi connectivity index (χ1) is 20.3. The number of hydrogen-bond acceptors (Lipinski definition) is 9. The lowest BCUT2D eigenvalue weighted by molar-refractivity contribution is -0.138. The molecule has 14 heteroatoms. The van der Waals surface area contributed by atoms with Crippen LogP contribution in [0.15, 0.2) is 34.9 Å². The van der Waals surface area contributed by atoms with Crippen LogP contribution < -0.4 is 5.32 Å². The van der Waals surface area contributed by atoms with Gasteiger partial charge in [-0.05, 0) is 44.2 Å². The Morgan fingerprint density at radius 2 is 1.98 bits per heavy atom. The summed E-state index contributed by atoms with van der Waals surface area (Å²) in [6.45, 7) is 7.01. The molecule has 0 radical (unpaired) electrons. The van der Waals surface area contributed by atoms with Crippen LogP contribution in [0.4, 0.5) is 13.6 Å². The highest BCUT2D eigenvalue weighted by atomic mass is 19.3. The number of alkyl halides is 2. The van der Waals surface area contributed by atoms with Crippen LogP contribution in [-0.4, -0.2) is 102 Å². The van der Waals surface area contributed by atoms with Crippen molar-refractivity contribution < 1.29 is 42.3 Å². The van der Waals surface area contributed by atoms with Crippen molar-refractivity contribution in [1.82, 2.24) is 15.1 Å². The molecule has 43 heavy (non-hydrogen) atoms. The number of carbonyl (C=O) groups excluding carboxylic acids is 2. The minimum atomic E-state index is -3.22. The number of ether oxygens (including phenoxy) is 2. The van der Waals surface area contributed by atoms with Crippen molar-refractivity contribution in [1.29, 1.82) is 5.26 Å². The van der Waals surface area contributed by atoms with Gasteiger partial charge in [-0.25, -0.2) is 13.6 Å². The van der Waals surface area contributed by atoms with E-state index in [-0.39, 0.29) is 12.0 Å². The molecule has 2 aromatic rings. The zero-order valence-electron chi connectivity index (χ0n) is 24.7. The van der Waals surface area contributed by atoms with Crippen molar-refractivity contribution in [3.8, 4) is 6.07 Å². The van der Waals surface area contributed by atoms with E-state index in [0.717, 1.165) is 23.4 Å². The number of likely N-dealkylation sites (tertiary alicyclic amines) is 1. The Labute approximate surface area is 249 Å². The molecule has 0 spiro atoms. The summed E-state index contributed by atoms with van der Waals surface area (Å²) in [7, 11) is -1.95. The highest BCUT2D eigenvalue weighted by Crippen LogP contribution is 2.36. The number of nitriles is 1. The van der Waals surface area contributed by atoms with E-state index in [1.807, 2.05) is 19.9 Å². The molecule has 11 nitrogen and oxygen atoms in total. The van der Waals surface area contributed by atoms with E-state index in [1.165, 1.54) is 6.26 Å². The number of halogens is 2. The number of carbonyl (C=O) groups is 2. The second-order valence-corrected chi connectivity index (χ2v) is 12.1. The lowest BCUT2D eigenvalue weighted by atomic mass is 9.76. The van der Waals surface area contributed by atoms with E-state index in [4.69, 9.17) is 13.9 Å². The van der Waals surface area contributed by atoms with Gasteiger partial charge < -0.3 is 34.2 Å². The molecule has 1 aromatic carbocycles. The third-order valence-corrected chi connectivity index (χ3v) is 8.39. The molecule has 2 fully saturated rings. The molecular formula is C29H39BF2N4O7. The van der Waals surface area contributed by atoms with E-state index in [2.05, 4.69) is 10.2 Å². The van der Waals surface area contributed by atoms with Crippen LogP contribution in [0.2, 0.25) is 0 Å². The van der Waals surface area contributed by atoms with Crippen LogP contribution in [0, 0.1) is 23.2 Å². The van der Waals surface area contributed by atoms with Crippen LogP contribution >= 0.6 is 0 Å². The summed E-state index contributed by atoms with van der Waals surface area (Å²) in [4.78, 5) is 29.3. The van der Waals surface area contributed by atoms with Gasteiger partial charge in [0.05, 0.1) is 44.1 Å². The molecule has 3 heterocycles. The highest BCUT2D eigenvalue weighted by Gasteiger charge is 2.49. The fourth-order valence-corrected chi connectivity index (χ4v) is 6.14. The van der Waals surface area contributed by atoms with Gasteiger partial charge in [0.1, 0.15) is 18.1 Å². The fraction of sp³-hybridized carbons (Fsp3) is 0.621. The van der Waals surface area contributed by atoms with Gasteiger partial charge in [-0.1, -0.05) is 25.1 Å². The number of amides is 2. The van der Waals surface area contributed by atoms with Crippen molar-refractivity contribution in [2.45, 2.75) is 63.5 Å². The predicted molar refractivity (Wildman–Crippen MR) is 153 cm³/mol. The smallest absolute Gasteiger partial charge is 0.464 e. The van der Waals surface area contributed by atoms with Crippen LogP contribution in [0.25, 0.3) is 11.0 Å². The quantitative estimate of drug-likeness (QED) is 0.329. The maximum absolute atomic E-state index is 14.5. The summed E-state index contributed by atoms with van der Waals surface area (Å²) in [5, 5.41) is 32.7. The van der Waals surface area contributed by atoms with Crippen molar-refractivity contribution in [3.63, 3.8) is 0 Å². The lowest BCUT2D eigenvalue weighted by Crippen LogP contribution is -2.52. The normalized spacial score (nSPS) is 21.2. The average molecular weight is 604 g/mol. The average Bonchev–Trinajstić information content (AvgIpc) is 3.51. The molecule has 3 N–H and O–H groups in total. The van der Waals surface area contributed by atoms with Gasteiger partial charge in [0.2, 0.25) is 5.91 Å². The molecule has 234 valence electrons. The summed E-state index contributed by atoms with van der Waals surface area (Å²) in [5.74, 6) is -6.73. The minimum absolute atomic E-state index is 0.00156. The van der Waals surface area contributed by atoms with Gasteiger partial charge >= 0.3 is 13.2 Å². The summed E-state index contributed by atoms with van der Waals surface area (Å²) in [6, 6.07) is 7.99. The van der Waals surface area contributed by atoms with Crippen molar-refractivity contribution in [2.24, 2.45) is 11.8 Å². The summed E-state index contributed by atoms with van der Waals surface area (Å²) < 4.78 is 45.2. The second kappa shape index (κ2) is 13.6. The zero-order valence-corrected chi connectivity index (χ0v) is 24.7. The monoisotopic (exact) mass is 604 g/mol. The Hall–Kier alpha value is -3.25. The number of para-hydroxylation sites is 1. The Bertz CT molecular complexity index is 1310. The van der Waals surface area contributed by atoms with Crippen molar-refractivity contribution in [2.75, 3.05) is 39.5 Å². The third kappa shape index (κ3) is 8.03. The molecular weight excluding hydrogens is 565 g/mol. The van der Waals surface area contributed by atoms with E-state index in [1.54, 1.807) is 31.2 Å². The van der Waals surface area contributed by atoms with Crippen LogP contribution in [-0.2, 0) is 20.7 Å². The van der Waals surface area contributed by atoms with Gasteiger partial charge in [0.15, 0.2) is 0 Å². The van der Waals surface area contributed by atoms with E-state index in [0.29, 0.717) is 30.8 Å². The molecule has 0 aliphatic carbocycles. The van der Waals surface area contributed by atoms with Gasteiger partial charge in [0.25, 0.3) is 5.92 Å². The fourth-order valence-electron chi connectivity index (χ4n) is 6.14. The molecule has 2 unspecified atom stereocenters. The van der Waals surface area contributed by atoms with E-state index in [9.17, 15) is 33.7 Å². The summed E-state index contributed by atoms with van der Waals surface area (Å²) >= 11 is 0. The van der Waals surface area contributed by atoms with E-state index >= 15 is 0 Å². The Balaban J connectivity index is 1.37. The van der Waals surface area contributed by atoms with Crippen LogP contribution in [0.1, 0.15) is 39.2 Å². The lowest BCUT2D eigenvalue weighted by Gasteiger charge is -2.43. The molecule has 2 saturated heterocycles. The summed E-state index contributed by atoms with van der Waals surface area (Å²) in [6.07, 6.45) is 0.141. The highest BCUT2D eigenvalue weighted by molar-refractivity contribution is 6.43. The molecule has 2 amide bonds. The number of nitrogens with one attached hydrogen (secondary N) is 1. The number of hydrogen-bond donors (Lipinski definition) is 3. The molecule has 2 aliphatic heterocycles. The predicted octanol–water partition coefficient (Wildman–Crippen LogP) is 2.60. The van der Waals surface area contributed by atoms with Crippen molar-refractivity contribution >= 4 is 30.1 Å². The van der Waals surface area contributed by atoms with Gasteiger partial charge in [-0.3, -0.25) is 9.69 Å². The number of fused-ring (bicyclic) bond motifs is 1. The van der Waals surface area contributed by atoms with Gasteiger partial charge in [0, 0.05) is 30.4 Å². The number of rotatable bonds is 11. The number of alkyl carbamates (subject to hydrolysis) is 1. The minimum Gasteiger partial charge on any atom is -0.464 e. The van der Waals surface area contributed by atoms with Crippen LogP contribution in [0.5, 0.6) is 0 Å². The first kappa shape index (κ1) is 32.7. The maximum atomic E-state index is 14.5. The number of furan rings is 1. The van der Waals surface area contributed by atoms with Gasteiger partial charge in [-0.2, -0.15) is 5.26 Å². The molecule has 0 bridgehead atoms. The summed E-state index contributed by atoms with van der Waals surface area (Å²) in [5.41, 5.74) is 0.868. The molecule has 4 atom stereocenters. The molecule has 0 saturated carbocycles. The Kier molecular flexibility index (Phi) is 10.3. The van der Waals surface area contributed by atoms with Crippen molar-refractivity contribution in [3.05, 3.63) is 36.1 Å². The second-order valence-electron chi connectivity index (χ2n) is 12.1. The maximum Gasteiger partial charge on any atom is 0.475 e. The SMILES string of the molecule is CC(CC(C)(C)N1CCOCC1)C(C#N)C(=O)N1CC(F)(F)C[C@@H]1COC(=O)N[C@@H](Cc1coc2ccccc12)B(O)O. The molecule has 4 rings (SSSR count). The number of nitrogens with zero attached hydrogens (tertiary/aromatic N) is 3. The van der Waals surface area contributed by atoms with Crippen LogP contribution in [0.3, 0.4) is 0 Å². The first-order valence-corrected chi connectivity index (χ1v) is 14.5. The Morgan fingerprint density at radius 1 is 1.28 bits per heavy atom. The first-order valence-electron chi connectivity index (χ1n) is 14.5. The Morgan fingerprint density at radius 3 is 2.65 bits per heavy atom. The molecule has 2 aliphatic rings. The van der Waals surface area contributed by atoms with Gasteiger partial charge in [-0.15, -0.1) is 0 Å². The topological polar surface area (TPSA) is 148 Å². The standard InChI is InChI=1S/C29H39BF2N4O7/c1-19(13-28(2,3)35-8-10-41-11-9-35)23(15-33)26(37)36-18-29(31,32)14-21(36)17-43-27(38)34-25(30(39)40)12-20-16-42-24-7-5-4-6-22(20)24/h4-7,16,19,21,23,25,39-40H,8-14,17-18H2,1-3H3,(H,34,38)/t19?,21-,23?,25+/m1/s1. The zero-order chi connectivity index (χ0) is 31.4. The third-order valence-electron chi connectivity index (χ3n) is 8.39. The number of morpholine rings is 1.